The number of nitrogens with one attached hydrogen (secondary N) is 1. The average molecular weight is 352 g/mol. The Labute approximate surface area is 141 Å². The molecule has 0 unspecified atom stereocenters. The summed E-state index contributed by atoms with van der Waals surface area (Å²) in [6.07, 6.45) is 1.86. The highest BCUT2D eigenvalue weighted by molar-refractivity contribution is 7.90. The van der Waals surface area contributed by atoms with E-state index in [2.05, 4.69) is 5.32 Å². The van der Waals surface area contributed by atoms with Crippen molar-refractivity contribution < 1.29 is 13.2 Å². The molecule has 0 fully saturated rings. The van der Waals surface area contributed by atoms with Gasteiger partial charge < -0.3 is 5.32 Å². The smallest absolute Gasteiger partial charge is 0.251 e. The third-order valence-electron chi connectivity index (χ3n) is 3.53. The summed E-state index contributed by atoms with van der Waals surface area (Å²) in [6, 6.07) is 13.0. The number of benzene rings is 2. The molecule has 0 aliphatic carbocycles. The number of halogens is 1. The third kappa shape index (κ3) is 4.56. The fourth-order valence-electron chi connectivity index (χ4n) is 2.21. The maximum atomic E-state index is 12.3. The van der Waals surface area contributed by atoms with Crippen molar-refractivity contribution in [1.29, 1.82) is 0 Å². The highest BCUT2D eigenvalue weighted by atomic mass is 35.5. The fraction of sp³-hybridized carbons (Fsp3) is 0.235. The Bertz CT molecular complexity index is 784. The first-order valence-electron chi connectivity index (χ1n) is 7.17. The Kier molecular flexibility index (Phi) is 5.44. The van der Waals surface area contributed by atoms with Crippen molar-refractivity contribution in [2.45, 2.75) is 24.3 Å². The molecule has 0 spiro atoms. The number of hydrogen-bond acceptors (Lipinski definition) is 3. The summed E-state index contributed by atoms with van der Waals surface area (Å²) >= 11 is 5.82. The summed E-state index contributed by atoms with van der Waals surface area (Å²) in [7, 11) is -3.22. The number of sulfone groups is 1. The normalized spacial score (nSPS) is 12.7. The van der Waals surface area contributed by atoms with Crippen LogP contribution in [0.15, 0.2) is 53.4 Å². The van der Waals surface area contributed by atoms with Gasteiger partial charge in [-0.25, -0.2) is 8.42 Å². The lowest BCUT2D eigenvalue weighted by Crippen LogP contribution is -2.28. The average Bonchev–Trinajstić information content (AvgIpc) is 2.52. The number of carbonyl (C=O) groups excluding carboxylic acids is 1. The highest BCUT2D eigenvalue weighted by Crippen LogP contribution is 2.20. The maximum Gasteiger partial charge on any atom is 0.251 e. The lowest BCUT2D eigenvalue weighted by atomic mass is 10.0. The molecule has 122 valence electrons. The van der Waals surface area contributed by atoms with Crippen LogP contribution < -0.4 is 5.32 Å². The second-order valence-corrected chi connectivity index (χ2v) is 7.73. The Balaban J connectivity index is 2.16. The summed E-state index contributed by atoms with van der Waals surface area (Å²) in [6.45, 7) is 1.96. The molecule has 1 atom stereocenters. The summed E-state index contributed by atoms with van der Waals surface area (Å²) < 4.78 is 23.0. The van der Waals surface area contributed by atoms with Crippen molar-refractivity contribution in [1.82, 2.24) is 5.32 Å². The minimum atomic E-state index is -3.22. The lowest BCUT2D eigenvalue weighted by molar-refractivity contribution is 0.0935. The number of hydrogen-bond donors (Lipinski definition) is 1. The molecule has 0 saturated heterocycles. The van der Waals surface area contributed by atoms with Gasteiger partial charge in [-0.2, -0.15) is 0 Å². The Morgan fingerprint density at radius 3 is 2.13 bits per heavy atom. The molecule has 2 rings (SSSR count). The zero-order chi connectivity index (χ0) is 17.0. The van der Waals surface area contributed by atoms with Crippen LogP contribution in [0.3, 0.4) is 0 Å². The third-order valence-corrected chi connectivity index (χ3v) is 4.91. The minimum Gasteiger partial charge on any atom is -0.345 e. The molecule has 4 nitrogen and oxygen atoms in total. The van der Waals surface area contributed by atoms with Gasteiger partial charge in [0.1, 0.15) is 0 Å². The zero-order valence-corrected chi connectivity index (χ0v) is 14.5. The molecule has 6 heteroatoms. The van der Waals surface area contributed by atoms with Crippen LogP contribution >= 0.6 is 11.6 Å². The Morgan fingerprint density at radius 2 is 1.65 bits per heavy atom. The van der Waals surface area contributed by atoms with Gasteiger partial charge in [0.15, 0.2) is 9.84 Å². The molecule has 0 heterocycles. The van der Waals surface area contributed by atoms with E-state index in [0.717, 1.165) is 5.56 Å². The Hall–Kier alpha value is -1.85. The van der Waals surface area contributed by atoms with E-state index in [1.54, 1.807) is 48.5 Å². The highest BCUT2D eigenvalue weighted by Gasteiger charge is 2.15. The van der Waals surface area contributed by atoms with E-state index in [-0.39, 0.29) is 16.8 Å². The second-order valence-electron chi connectivity index (χ2n) is 5.28. The first-order chi connectivity index (χ1) is 10.8. The quantitative estimate of drug-likeness (QED) is 0.894. The van der Waals surface area contributed by atoms with Crippen molar-refractivity contribution in [3.63, 3.8) is 0 Å². The molecule has 0 bridgehead atoms. The Morgan fingerprint density at radius 1 is 1.09 bits per heavy atom. The van der Waals surface area contributed by atoms with E-state index in [0.29, 0.717) is 17.0 Å². The van der Waals surface area contributed by atoms with E-state index >= 15 is 0 Å². The summed E-state index contributed by atoms with van der Waals surface area (Å²) in [4.78, 5) is 12.5. The van der Waals surface area contributed by atoms with Gasteiger partial charge in [0.25, 0.3) is 5.91 Å². The molecule has 2 aromatic carbocycles. The fourth-order valence-corrected chi connectivity index (χ4v) is 2.97. The van der Waals surface area contributed by atoms with E-state index < -0.39 is 9.84 Å². The molecular weight excluding hydrogens is 334 g/mol. The minimum absolute atomic E-state index is 0.188. The summed E-state index contributed by atoms with van der Waals surface area (Å²) in [5, 5.41) is 3.52. The van der Waals surface area contributed by atoms with Crippen LogP contribution in [0.25, 0.3) is 0 Å². The zero-order valence-electron chi connectivity index (χ0n) is 12.9. The molecule has 2 aromatic rings. The van der Waals surface area contributed by atoms with Crippen molar-refractivity contribution >= 4 is 27.3 Å². The van der Waals surface area contributed by atoms with E-state index in [4.69, 9.17) is 11.6 Å². The SMILES string of the molecule is CC[C@@H](NC(=O)c1ccc(Cl)cc1)c1ccc(S(C)(=O)=O)cc1. The van der Waals surface area contributed by atoms with Crippen LogP contribution in [0.2, 0.25) is 5.02 Å². The molecule has 0 radical (unpaired) electrons. The molecule has 0 aromatic heterocycles. The number of amides is 1. The summed E-state index contributed by atoms with van der Waals surface area (Å²) in [5.41, 5.74) is 1.39. The van der Waals surface area contributed by atoms with Crippen molar-refractivity contribution in [2.75, 3.05) is 6.26 Å². The standard InChI is InChI=1S/C17H18ClNO3S/c1-3-16(12-6-10-15(11-7-12)23(2,21)22)19-17(20)13-4-8-14(18)9-5-13/h4-11,16H,3H2,1-2H3,(H,19,20)/t16-/m1/s1. The van der Waals surface area contributed by atoms with Gasteiger partial charge in [-0.15, -0.1) is 0 Å². The van der Waals surface area contributed by atoms with E-state index in [1.807, 2.05) is 6.92 Å². The first-order valence-corrected chi connectivity index (χ1v) is 9.44. The van der Waals surface area contributed by atoms with Crippen LogP contribution in [-0.2, 0) is 9.84 Å². The van der Waals surface area contributed by atoms with Gasteiger partial charge in [-0.05, 0) is 48.4 Å². The van der Waals surface area contributed by atoms with Crippen LogP contribution in [0.4, 0.5) is 0 Å². The van der Waals surface area contributed by atoms with Crippen molar-refractivity contribution in [3.8, 4) is 0 Å². The van der Waals surface area contributed by atoms with Gasteiger partial charge in [-0.3, -0.25) is 4.79 Å². The monoisotopic (exact) mass is 351 g/mol. The molecule has 1 N–H and O–H groups in total. The molecule has 0 saturated carbocycles. The van der Waals surface area contributed by atoms with E-state index in [1.165, 1.54) is 6.26 Å². The second kappa shape index (κ2) is 7.15. The van der Waals surface area contributed by atoms with Crippen molar-refractivity contribution in [2.24, 2.45) is 0 Å². The van der Waals surface area contributed by atoms with Crippen LogP contribution in [-0.4, -0.2) is 20.6 Å². The molecule has 0 aliphatic rings. The number of carbonyl (C=O) groups is 1. The van der Waals surface area contributed by atoms with E-state index in [9.17, 15) is 13.2 Å². The predicted molar refractivity (Wildman–Crippen MR) is 91.5 cm³/mol. The topological polar surface area (TPSA) is 63.2 Å². The van der Waals surface area contributed by atoms with Crippen LogP contribution in [0.1, 0.15) is 35.3 Å². The molecule has 0 aliphatic heterocycles. The largest absolute Gasteiger partial charge is 0.345 e. The van der Waals surface area contributed by atoms with Gasteiger partial charge in [-0.1, -0.05) is 30.7 Å². The number of rotatable bonds is 5. The van der Waals surface area contributed by atoms with Gasteiger partial charge >= 0.3 is 0 Å². The molecule has 23 heavy (non-hydrogen) atoms. The predicted octanol–water partition coefficient (Wildman–Crippen LogP) is 3.62. The van der Waals surface area contributed by atoms with Gasteiger partial charge in [0.05, 0.1) is 10.9 Å². The van der Waals surface area contributed by atoms with Crippen LogP contribution in [0, 0.1) is 0 Å². The van der Waals surface area contributed by atoms with Crippen molar-refractivity contribution in [3.05, 3.63) is 64.7 Å². The first kappa shape index (κ1) is 17.5. The summed E-state index contributed by atoms with van der Waals surface area (Å²) in [5.74, 6) is -0.194. The maximum absolute atomic E-state index is 12.3. The lowest BCUT2D eigenvalue weighted by Gasteiger charge is -2.18. The van der Waals surface area contributed by atoms with Gasteiger partial charge in [0, 0.05) is 16.8 Å². The van der Waals surface area contributed by atoms with Crippen LogP contribution in [0.5, 0.6) is 0 Å². The van der Waals surface area contributed by atoms with Gasteiger partial charge in [0.2, 0.25) is 0 Å². The molecular formula is C17H18ClNO3S. The molecule has 1 amide bonds.